The van der Waals surface area contributed by atoms with Gasteiger partial charge in [-0.25, -0.2) is 4.98 Å². The lowest BCUT2D eigenvalue weighted by atomic mass is 10.3. The van der Waals surface area contributed by atoms with Gasteiger partial charge in [0.2, 0.25) is 11.2 Å². The van der Waals surface area contributed by atoms with E-state index in [1.165, 1.54) is 0 Å². The van der Waals surface area contributed by atoms with Crippen LogP contribution in [-0.2, 0) is 0 Å². The van der Waals surface area contributed by atoms with Crippen molar-refractivity contribution in [2.24, 2.45) is 0 Å². The van der Waals surface area contributed by atoms with E-state index in [-0.39, 0.29) is 5.28 Å². The molecule has 21 heavy (non-hydrogen) atoms. The summed E-state index contributed by atoms with van der Waals surface area (Å²) in [4.78, 5) is 19.5. The Bertz CT molecular complexity index is 793. The summed E-state index contributed by atoms with van der Waals surface area (Å²) in [5.41, 5.74) is 1.71. The molecule has 3 aromatic rings. The van der Waals surface area contributed by atoms with Crippen LogP contribution >= 0.6 is 11.6 Å². The van der Waals surface area contributed by atoms with Crippen LogP contribution in [0.3, 0.4) is 0 Å². The fraction of sp³-hybridized carbons (Fsp3) is 0.286. The second-order valence-corrected chi connectivity index (χ2v) is 5.33. The van der Waals surface area contributed by atoms with Crippen molar-refractivity contribution in [1.29, 1.82) is 0 Å². The summed E-state index contributed by atoms with van der Waals surface area (Å²) in [5, 5.41) is 0.221. The maximum absolute atomic E-state index is 6.09. The molecule has 1 fully saturated rings. The first-order chi connectivity index (χ1) is 10.3. The molecule has 106 valence electrons. The molecule has 0 amide bonds. The highest BCUT2D eigenvalue weighted by Gasteiger charge is 2.18. The predicted molar refractivity (Wildman–Crippen MR) is 80.5 cm³/mol. The maximum Gasteiger partial charge on any atom is 0.230 e. The first kappa shape index (κ1) is 12.5. The molecule has 7 heteroatoms. The Labute approximate surface area is 126 Å². The molecule has 1 aliphatic rings. The Morgan fingerprint density at radius 3 is 2.76 bits per heavy atom. The Morgan fingerprint density at radius 2 is 1.90 bits per heavy atom. The number of nitrogens with zero attached hydrogens (tertiary/aromatic N) is 6. The molecule has 0 bridgehead atoms. The smallest absolute Gasteiger partial charge is 0.230 e. The standard InChI is InChI=1S/C14H13ClN6/c15-13-17-12(18-14(19-13)20-7-1-2-8-20)10-4-3-5-11-16-6-9-21(10)11/h3-6,9H,1-2,7-8H2. The van der Waals surface area contributed by atoms with Gasteiger partial charge in [0.05, 0.1) is 5.69 Å². The topological polar surface area (TPSA) is 59.2 Å². The number of aromatic nitrogens is 5. The number of rotatable bonds is 2. The SMILES string of the molecule is Clc1nc(-c2cccc3nccn23)nc(N2CCCC2)n1. The number of hydrogen-bond acceptors (Lipinski definition) is 5. The molecule has 0 saturated carbocycles. The minimum absolute atomic E-state index is 0.221. The first-order valence-corrected chi connectivity index (χ1v) is 7.28. The first-order valence-electron chi connectivity index (χ1n) is 6.90. The number of hydrogen-bond donors (Lipinski definition) is 0. The second kappa shape index (κ2) is 4.96. The minimum atomic E-state index is 0.221. The number of imidazole rings is 1. The van der Waals surface area contributed by atoms with Gasteiger partial charge in [-0.3, -0.25) is 4.40 Å². The summed E-state index contributed by atoms with van der Waals surface area (Å²) < 4.78 is 1.94. The van der Waals surface area contributed by atoms with Crippen molar-refractivity contribution >= 4 is 23.2 Å². The third-order valence-electron chi connectivity index (χ3n) is 3.64. The third-order valence-corrected chi connectivity index (χ3v) is 3.81. The van der Waals surface area contributed by atoms with Crippen LogP contribution in [0.1, 0.15) is 12.8 Å². The van der Waals surface area contributed by atoms with Crippen molar-refractivity contribution in [3.8, 4) is 11.5 Å². The zero-order chi connectivity index (χ0) is 14.2. The fourth-order valence-electron chi connectivity index (χ4n) is 2.64. The molecular weight excluding hydrogens is 288 g/mol. The summed E-state index contributed by atoms with van der Waals surface area (Å²) in [7, 11) is 0. The van der Waals surface area contributed by atoms with Crippen molar-refractivity contribution in [2.45, 2.75) is 12.8 Å². The molecule has 1 aliphatic heterocycles. The van der Waals surface area contributed by atoms with E-state index >= 15 is 0 Å². The predicted octanol–water partition coefficient (Wildman–Crippen LogP) is 2.44. The molecule has 6 nitrogen and oxygen atoms in total. The molecule has 0 spiro atoms. The Morgan fingerprint density at radius 1 is 1.05 bits per heavy atom. The van der Waals surface area contributed by atoms with E-state index in [1.54, 1.807) is 6.20 Å². The summed E-state index contributed by atoms with van der Waals surface area (Å²) in [6.45, 7) is 1.93. The van der Waals surface area contributed by atoms with E-state index in [0.29, 0.717) is 11.8 Å². The van der Waals surface area contributed by atoms with Crippen LogP contribution in [0, 0.1) is 0 Å². The van der Waals surface area contributed by atoms with Crippen LogP contribution in [0.4, 0.5) is 5.95 Å². The molecule has 1 saturated heterocycles. The number of anilines is 1. The largest absolute Gasteiger partial charge is 0.341 e. The van der Waals surface area contributed by atoms with E-state index in [4.69, 9.17) is 11.6 Å². The van der Waals surface area contributed by atoms with Crippen LogP contribution in [0.5, 0.6) is 0 Å². The Balaban J connectivity index is 1.86. The summed E-state index contributed by atoms with van der Waals surface area (Å²) in [6.07, 6.45) is 5.96. The van der Waals surface area contributed by atoms with E-state index in [0.717, 1.165) is 37.3 Å². The van der Waals surface area contributed by atoms with E-state index in [9.17, 15) is 0 Å². The average Bonchev–Trinajstić information content (AvgIpc) is 3.17. The normalized spacial score (nSPS) is 15.0. The average molecular weight is 301 g/mol. The van der Waals surface area contributed by atoms with Gasteiger partial charge in [0.15, 0.2) is 5.82 Å². The van der Waals surface area contributed by atoms with Crippen LogP contribution in [0.2, 0.25) is 5.28 Å². The third kappa shape index (κ3) is 2.21. The van der Waals surface area contributed by atoms with Gasteiger partial charge >= 0.3 is 0 Å². The highest BCUT2D eigenvalue weighted by atomic mass is 35.5. The summed E-state index contributed by atoms with van der Waals surface area (Å²) >= 11 is 6.09. The lowest BCUT2D eigenvalue weighted by Gasteiger charge is -2.15. The van der Waals surface area contributed by atoms with E-state index in [1.807, 2.05) is 28.8 Å². The zero-order valence-electron chi connectivity index (χ0n) is 11.3. The van der Waals surface area contributed by atoms with E-state index < -0.39 is 0 Å². The summed E-state index contributed by atoms with van der Waals surface area (Å²) in [5.74, 6) is 1.22. The number of pyridine rings is 1. The van der Waals surface area contributed by atoms with Crippen LogP contribution in [-0.4, -0.2) is 37.4 Å². The fourth-order valence-corrected chi connectivity index (χ4v) is 2.80. The van der Waals surface area contributed by atoms with Gasteiger partial charge in [0, 0.05) is 25.5 Å². The van der Waals surface area contributed by atoms with Gasteiger partial charge in [-0.15, -0.1) is 0 Å². The molecule has 0 radical (unpaired) electrons. The van der Waals surface area contributed by atoms with Crippen molar-refractivity contribution < 1.29 is 0 Å². The zero-order valence-corrected chi connectivity index (χ0v) is 12.0. The lowest BCUT2D eigenvalue weighted by molar-refractivity contribution is 0.879. The molecule has 0 aliphatic carbocycles. The van der Waals surface area contributed by atoms with E-state index in [2.05, 4.69) is 24.8 Å². The molecule has 4 heterocycles. The monoisotopic (exact) mass is 300 g/mol. The van der Waals surface area contributed by atoms with Crippen LogP contribution in [0.15, 0.2) is 30.6 Å². The molecule has 0 atom stereocenters. The van der Waals surface area contributed by atoms with Gasteiger partial charge in [0.25, 0.3) is 0 Å². The number of halogens is 1. The van der Waals surface area contributed by atoms with Gasteiger partial charge < -0.3 is 4.90 Å². The Kier molecular flexibility index (Phi) is 2.96. The van der Waals surface area contributed by atoms with Gasteiger partial charge in [-0.2, -0.15) is 15.0 Å². The molecule has 0 N–H and O–H groups in total. The molecule has 0 unspecified atom stereocenters. The van der Waals surface area contributed by atoms with Crippen LogP contribution in [0.25, 0.3) is 17.2 Å². The van der Waals surface area contributed by atoms with Crippen molar-refractivity contribution in [2.75, 3.05) is 18.0 Å². The quantitative estimate of drug-likeness (QED) is 0.727. The highest BCUT2D eigenvalue weighted by molar-refractivity contribution is 6.28. The van der Waals surface area contributed by atoms with Gasteiger partial charge in [0.1, 0.15) is 5.65 Å². The van der Waals surface area contributed by atoms with Crippen molar-refractivity contribution in [3.05, 3.63) is 35.9 Å². The van der Waals surface area contributed by atoms with Crippen LogP contribution < -0.4 is 4.90 Å². The molecule has 4 rings (SSSR count). The minimum Gasteiger partial charge on any atom is -0.341 e. The molecule has 3 aromatic heterocycles. The van der Waals surface area contributed by atoms with Crippen molar-refractivity contribution in [3.63, 3.8) is 0 Å². The van der Waals surface area contributed by atoms with Crippen molar-refractivity contribution in [1.82, 2.24) is 24.3 Å². The molecule has 0 aromatic carbocycles. The maximum atomic E-state index is 6.09. The second-order valence-electron chi connectivity index (χ2n) is 4.99. The molecular formula is C14H13ClN6. The van der Waals surface area contributed by atoms with Gasteiger partial charge in [-0.1, -0.05) is 6.07 Å². The lowest BCUT2D eigenvalue weighted by Crippen LogP contribution is -2.21. The summed E-state index contributed by atoms with van der Waals surface area (Å²) in [6, 6.07) is 5.83. The van der Waals surface area contributed by atoms with Gasteiger partial charge in [-0.05, 0) is 36.6 Å². The highest BCUT2D eigenvalue weighted by Crippen LogP contribution is 2.22. The Hall–Kier alpha value is -2.21. The number of fused-ring (bicyclic) bond motifs is 1.